The summed E-state index contributed by atoms with van der Waals surface area (Å²) in [6.07, 6.45) is 1.66. The normalized spacial score (nSPS) is 10.9. The van der Waals surface area contributed by atoms with E-state index in [9.17, 15) is 0 Å². The summed E-state index contributed by atoms with van der Waals surface area (Å²) in [5, 5.41) is 6.98. The topological polar surface area (TPSA) is 115 Å². The van der Waals surface area contributed by atoms with E-state index < -0.39 is 0 Å². The molecule has 0 atom stereocenters. The molecule has 4 rings (SSSR count). The third-order valence-electron chi connectivity index (χ3n) is 4.26. The molecule has 0 amide bonds. The predicted molar refractivity (Wildman–Crippen MR) is 116 cm³/mol. The number of para-hydroxylation sites is 1. The first-order valence-corrected chi connectivity index (χ1v) is 9.73. The molecule has 10 nitrogen and oxygen atoms in total. The molecule has 1 N–H and O–H groups in total. The number of hydrogen-bond acceptors (Lipinski definition) is 10. The van der Waals surface area contributed by atoms with E-state index in [1.54, 1.807) is 19.3 Å². The lowest BCUT2D eigenvalue weighted by atomic mass is 10.3. The molecule has 4 aromatic rings. The maximum Gasteiger partial charge on any atom is 0.259 e. The van der Waals surface area contributed by atoms with E-state index in [-0.39, 0.29) is 11.9 Å². The third kappa shape index (κ3) is 4.58. The van der Waals surface area contributed by atoms with E-state index in [1.165, 1.54) is 0 Å². The van der Waals surface area contributed by atoms with Gasteiger partial charge in [-0.3, -0.25) is 0 Å². The molecular formula is C21H22N8O2. The number of nitrogens with one attached hydrogen (secondary N) is 1. The summed E-state index contributed by atoms with van der Waals surface area (Å²) in [6, 6.07) is 13.3. The van der Waals surface area contributed by atoms with Gasteiger partial charge in [-0.05, 0) is 32.0 Å². The molecule has 0 spiro atoms. The van der Waals surface area contributed by atoms with Gasteiger partial charge in [0, 0.05) is 32.0 Å². The molecule has 0 bridgehead atoms. The van der Waals surface area contributed by atoms with Crippen LogP contribution in [0.1, 0.15) is 13.8 Å². The van der Waals surface area contributed by atoms with Crippen LogP contribution in [0.15, 0.2) is 53.2 Å². The maximum atomic E-state index is 5.56. The Balaban J connectivity index is 1.63. The summed E-state index contributed by atoms with van der Waals surface area (Å²) in [4.78, 5) is 23.9. The largest absolute Gasteiger partial charge is 0.475 e. The summed E-state index contributed by atoms with van der Waals surface area (Å²) in [5.41, 5.74) is 1.60. The Morgan fingerprint density at radius 3 is 2.45 bits per heavy atom. The molecule has 10 heteroatoms. The van der Waals surface area contributed by atoms with Gasteiger partial charge in [-0.2, -0.15) is 19.9 Å². The Kier molecular flexibility index (Phi) is 5.69. The Labute approximate surface area is 179 Å². The van der Waals surface area contributed by atoms with E-state index in [2.05, 4.69) is 35.4 Å². The molecule has 0 aliphatic carbocycles. The fourth-order valence-corrected chi connectivity index (χ4v) is 2.74. The van der Waals surface area contributed by atoms with Crippen molar-refractivity contribution >= 4 is 17.6 Å². The van der Waals surface area contributed by atoms with Gasteiger partial charge in [0.25, 0.3) is 5.89 Å². The van der Waals surface area contributed by atoms with Crippen LogP contribution < -0.4 is 15.0 Å². The predicted octanol–water partition coefficient (Wildman–Crippen LogP) is 3.58. The highest BCUT2D eigenvalue weighted by atomic mass is 16.5. The van der Waals surface area contributed by atoms with Crippen molar-refractivity contribution in [1.82, 2.24) is 30.1 Å². The molecule has 0 saturated heterocycles. The van der Waals surface area contributed by atoms with E-state index in [0.29, 0.717) is 35.1 Å². The maximum absolute atomic E-state index is 5.56. The smallest absolute Gasteiger partial charge is 0.259 e. The van der Waals surface area contributed by atoms with Crippen molar-refractivity contribution in [3.05, 3.63) is 48.7 Å². The lowest BCUT2D eigenvalue weighted by molar-refractivity contribution is 0.232. The van der Waals surface area contributed by atoms with Crippen LogP contribution in [0.2, 0.25) is 0 Å². The van der Waals surface area contributed by atoms with E-state index in [0.717, 1.165) is 5.69 Å². The number of hydrogen-bond donors (Lipinski definition) is 1. The fourth-order valence-electron chi connectivity index (χ4n) is 2.74. The van der Waals surface area contributed by atoms with Crippen molar-refractivity contribution in [2.24, 2.45) is 0 Å². The molecule has 0 aliphatic rings. The molecule has 1 aromatic carbocycles. The van der Waals surface area contributed by atoms with Crippen molar-refractivity contribution in [2.45, 2.75) is 20.0 Å². The molecule has 3 heterocycles. The summed E-state index contributed by atoms with van der Waals surface area (Å²) < 4.78 is 11.0. The number of rotatable bonds is 7. The fraction of sp³-hybridized carbons (Fsp3) is 0.238. The monoisotopic (exact) mass is 418 g/mol. The Hall–Kier alpha value is -4.08. The van der Waals surface area contributed by atoms with Gasteiger partial charge in [0.2, 0.25) is 29.4 Å². The number of nitrogens with zero attached hydrogens (tertiary/aromatic N) is 7. The highest BCUT2D eigenvalue weighted by molar-refractivity contribution is 5.60. The zero-order chi connectivity index (χ0) is 21.8. The van der Waals surface area contributed by atoms with Gasteiger partial charge in [0.15, 0.2) is 0 Å². The molecule has 31 heavy (non-hydrogen) atoms. The summed E-state index contributed by atoms with van der Waals surface area (Å²) in [7, 11) is 3.61. The average Bonchev–Trinajstić information content (AvgIpc) is 3.29. The van der Waals surface area contributed by atoms with Crippen molar-refractivity contribution in [1.29, 1.82) is 0 Å². The zero-order valence-corrected chi connectivity index (χ0v) is 17.6. The van der Waals surface area contributed by atoms with E-state index in [4.69, 9.17) is 9.26 Å². The van der Waals surface area contributed by atoms with Crippen molar-refractivity contribution in [3.8, 4) is 29.0 Å². The van der Waals surface area contributed by atoms with Gasteiger partial charge >= 0.3 is 0 Å². The van der Waals surface area contributed by atoms with Crippen LogP contribution in [0, 0.1) is 0 Å². The van der Waals surface area contributed by atoms with Crippen LogP contribution in [0.25, 0.3) is 23.1 Å². The minimum Gasteiger partial charge on any atom is -0.475 e. The first-order chi connectivity index (χ1) is 15.0. The molecule has 0 unspecified atom stereocenters. The van der Waals surface area contributed by atoms with Crippen molar-refractivity contribution in [3.63, 3.8) is 0 Å². The first-order valence-electron chi connectivity index (χ1n) is 9.73. The van der Waals surface area contributed by atoms with Crippen LogP contribution in [0.3, 0.4) is 0 Å². The van der Waals surface area contributed by atoms with Gasteiger partial charge in [-0.1, -0.05) is 23.4 Å². The third-order valence-corrected chi connectivity index (χ3v) is 4.26. The van der Waals surface area contributed by atoms with Crippen LogP contribution in [-0.2, 0) is 0 Å². The lowest BCUT2D eigenvalue weighted by Crippen LogP contribution is -2.15. The lowest BCUT2D eigenvalue weighted by Gasteiger charge is -2.17. The van der Waals surface area contributed by atoms with Crippen LogP contribution >= 0.6 is 0 Å². The molecule has 158 valence electrons. The van der Waals surface area contributed by atoms with Gasteiger partial charge in [0.05, 0.1) is 11.7 Å². The number of ether oxygens (including phenoxy) is 1. The summed E-state index contributed by atoms with van der Waals surface area (Å²) >= 11 is 0. The van der Waals surface area contributed by atoms with Crippen LogP contribution in [0.4, 0.5) is 17.6 Å². The van der Waals surface area contributed by atoms with Gasteiger partial charge in [-0.15, -0.1) is 0 Å². The Morgan fingerprint density at radius 1 is 0.968 bits per heavy atom. The standard InChI is InChI=1S/C21H22N8O2/c1-13(2)30-16-11-10-14(12-23-16)19-24-18(28-31-19)17-25-20(22-3)27-21(26-17)29(4)15-8-6-5-7-9-15/h5-13H,1-4H3,(H,22,25,26,27). The first kappa shape index (κ1) is 20.2. The highest BCUT2D eigenvalue weighted by Crippen LogP contribution is 2.25. The molecule has 0 saturated carbocycles. The molecule has 0 aliphatic heterocycles. The molecular weight excluding hydrogens is 396 g/mol. The minimum absolute atomic E-state index is 0.0433. The van der Waals surface area contributed by atoms with E-state index >= 15 is 0 Å². The minimum atomic E-state index is 0.0433. The highest BCUT2D eigenvalue weighted by Gasteiger charge is 2.18. The van der Waals surface area contributed by atoms with Crippen LogP contribution in [0.5, 0.6) is 5.88 Å². The second-order valence-corrected chi connectivity index (χ2v) is 6.90. The second-order valence-electron chi connectivity index (χ2n) is 6.90. The Bertz CT molecular complexity index is 1150. The quantitative estimate of drug-likeness (QED) is 0.477. The number of aromatic nitrogens is 6. The van der Waals surface area contributed by atoms with Gasteiger partial charge < -0.3 is 19.5 Å². The van der Waals surface area contributed by atoms with E-state index in [1.807, 2.05) is 62.2 Å². The number of benzene rings is 1. The molecule has 0 radical (unpaired) electrons. The number of pyridine rings is 1. The van der Waals surface area contributed by atoms with Crippen molar-refractivity contribution < 1.29 is 9.26 Å². The SMILES string of the molecule is CNc1nc(-c2noc(-c3ccc(OC(C)C)nc3)n2)nc(N(C)c2ccccc2)n1. The number of anilines is 3. The van der Waals surface area contributed by atoms with Gasteiger partial charge in [0.1, 0.15) is 0 Å². The average molecular weight is 418 g/mol. The van der Waals surface area contributed by atoms with Crippen LogP contribution in [-0.4, -0.2) is 50.3 Å². The van der Waals surface area contributed by atoms with Gasteiger partial charge in [-0.25, -0.2) is 4.98 Å². The summed E-state index contributed by atoms with van der Waals surface area (Å²) in [6.45, 7) is 3.88. The zero-order valence-electron chi connectivity index (χ0n) is 17.6. The summed E-state index contributed by atoms with van der Waals surface area (Å²) in [5.74, 6) is 2.22. The Morgan fingerprint density at radius 2 is 1.77 bits per heavy atom. The molecule has 0 fully saturated rings. The van der Waals surface area contributed by atoms with Crippen molar-refractivity contribution in [2.75, 3.05) is 24.3 Å². The second kappa shape index (κ2) is 8.74. The molecule has 3 aromatic heterocycles.